The number of amides is 1. The predicted molar refractivity (Wildman–Crippen MR) is 172 cm³/mol. The van der Waals surface area contributed by atoms with E-state index in [1.54, 1.807) is 22.8 Å². The molecule has 3 aromatic carbocycles. The first-order chi connectivity index (χ1) is 20.4. The Morgan fingerprint density at radius 1 is 0.952 bits per heavy atom. The molecule has 6 rings (SSSR count). The van der Waals surface area contributed by atoms with Gasteiger partial charge in [-0.1, -0.05) is 59.2 Å². The predicted octanol–water partition coefficient (Wildman–Crippen LogP) is 6.02. The fraction of sp³-hybridized carbons (Fsp3) is 0.344. The third-order valence-electron chi connectivity index (χ3n) is 8.37. The van der Waals surface area contributed by atoms with E-state index >= 15 is 0 Å². The molecule has 3 heterocycles. The minimum absolute atomic E-state index is 0.0607. The SMILES string of the molecule is NCCCC(Sc1nc2ccccc2c(=O)n1-c1cccc(Cl)c1)C(=O)N1CCC2(CCN(c3cccc(Cl)c3)C2)C1. The maximum Gasteiger partial charge on any atom is 0.266 e. The zero-order chi connectivity index (χ0) is 29.3. The molecule has 2 aliphatic rings. The molecular formula is C32H33Cl2N5O2S. The number of aromatic nitrogens is 2. The van der Waals surface area contributed by atoms with Gasteiger partial charge in [-0.15, -0.1) is 0 Å². The van der Waals surface area contributed by atoms with Crippen molar-refractivity contribution in [3.8, 4) is 5.69 Å². The van der Waals surface area contributed by atoms with Gasteiger partial charge < -0.3 is 15.5 Å². The second-order valence-electron chi connectivity index (χ2n) is 11.2. The second kappa shape index (κ2) is 12.3. The zero-order valence-electron chi connectivity index (χ0n) is 23.2. The van der Waals surface area contributed by atoms with Gasteiger partial charge in [0, 0.05) is 47.3 Å². The van der Waals surface area contributed by atoms with Gasteiger partial charge >= 0.3 is 0 Å². The average molecular weight is 623 g/mol. The first-order valence-corrected chi connectivity index (χ1v) is 15.9. The van der Waals surface area contributed by atoms with E-state index in [4.69, 9.17) is 33.9 Å². The molecule has 1 amide bonds. The lowest BCUT2D eigenvalue weighted by atomic mass is 9.86. The topological polar surface area (TPSA) is 84.5 Å². The maximum absolute atomic E-state index is 14.1. The van der Waals surface area contributed by atoms with Gasteiger partial charge in [0.15, 0.2) is 5.16 Å². The van der Waals surface area contributed by atoms with Crippen LogP contribution in [0.2, 0.25) is 10.0 Å². The molecule has 2 atom stereocenters. The molecule has 2 N–H and O–H groups in total. The summed E-state index contributed by atoms with van der Waals surface area (Å²) in [6.45, 7) is 3.76. The lowest BCUT2D eigenvalue weighted by Crippen LogP contribution is -2.39. The Morgan fingerprint density at radius 2 is 1.67 bits per heavy atom. The van der Waals surface area contributed by atoms with Crippen molar-refractivity contribution in [1.82, 2.24) is 14.5 Å². The van der Waals surface area contributed by atoms with Gasteiger partial charge in [0.25, 0.3) is 5.56 Å². The number of hydrogen-bond acceptors (Lipinski definition) is 6. The van der Waals surface area contributed by atoms with Crippen LogP contribution in [0.4, 0.5) is 5.69 Å². The van der Waals surface area contributed by atoms with Crippen LogP contribution >= 0.6 is 35.0 Å². The van der Waals surface area contributed by atoms with Gasteiger partial charge in [-0.3, -0.25) is 14.2 Å². The van der Waals surface area contributed by atoms with Crippen LogP contribution in [0.3, 0.4) is 0 Å². The van der Waals surface area contributed by atoms with Crippen molar-refractivity contribution < 1.29 is 4.79 Å². The Kier molecular flexibility index (Phi) is 8.50. The van der Waals surface area contributed by atoms with Crippen LogP contribution in [-0.4, -0.2) is 58.3 Å². The average Bonchev–Trinajstić information content (AvgIpc) is 3.61. The molecule has 2 fully saturated rings. The molecule has 0 bridgehead atoms. The lowest BCUT2D eigenvalue weighted by molar-refractivity contribution is -0.130. The van der Waals surface area contributed by atoms with E-state index in [0.717, 1.165) is 43.2 Å². The lowest BCUT2D eigenvalue weighted by Gasteiger charge is -2.27. The number of hydrogen-bond donors (Lipinski definition) is 1. The van der Waals surface area contributed by atoms with E-state index in [1.807, 2.05) is 53.4 Å². The summed E-state index contributed by atoms with van der Waals surface area (Å²) in [7, 11) is 0. The van der Waals surface area contributed by atoms with Crippen molar-refractivity contribution >= 4 is 57.5 Å². The van der Waals surface area contributed by atoms with Crippen LogP contribution in [0.25, 0.3) is 16.6 Å². The van der Waals surface area contributed by atoms with Gasteiger partial charge in [0.05, 0.1) is 21.8 Å². The fourth-order valence-corrected chi connectivity index (χ4v) is 7.79. The number of nitrogens with zero attached hydrogens (tertiary/aromatic N) is 4. The molecular weight excluding hydrogens is 589 g/mol. The van der Waals surface area contributed by atoms with Gasteiger partial charge in [-0.2, -0.15) is 0 Å². The van der Waals surface area contributed by atoms with Crippen molar-refractivity contribution in [3.63, 3.8) is 0 Å². The highest BCUT2D eigenvalue weighted by Crippen LogP contribution is 2.42. The molecule has 2 unspecified atom stereocenters. The Balaban J connectivity index is 1.28. The third kappa shape index (κ3) is 5.91. The number of carbonyl (C=O) groups is 1. The van der Waals surface area contributed by atoms with Crippen LogP contribution < -0.4 is 16.2 Å². The quantitative estimate of drug-likeness (QED) is 0.191. The van der Waals surface area contributed by atoms with Crippen LogP contribution in [0, 0.1) is 5.41 Å². The number of fused-ring (bicyclic) bond motifs is 1. The summed E-state index contributed by atoms with van der Waals surface area (Å²) < 4.78 is 1.58. The van der Waals surface area contributed by atoms with Crippen molar-refractivity contribution in [2.75, 3.05) is 37.6 Å². The number of thioether (sulfide) groups is 1. The highest BCUT2D eigenvalue weighted by molar-refractivity contribution is 8.00. The molecule has 0 radical (unpaired) electrons. The maximum atomic E-state index is 14.1. The number of likely N-dealkylation sites (tertiary alicyclic amines) is 1. The summed E-state index contributed by atoms with van der Waals surface area (Å²) in [6.07, 6.45) is 3.28. The molecule has 2 saturated heterocycles. The monoisotopic (exact) mass is 621 g/mol. The standard InChI is InChI=1S/C32H33Cl2N5O2S/c33-22-6-3-8-24(18-22)37-16-13-32(20-37)14-17-38(21-32)30(41)28(12-5-15-35)42-31-36-27-11-2-1-10-26(27)29(40)39(31)25-9-4-7-23(34)19-25/h1-4,6-11,18-19,28H,5,12-17,20-21,35H2. The Morgan fingerprint density at radius 3 is 2.43 bits per heavy atom. The van der Waals surface area contributed by atoms with Crippen molar-refractivity contribution in [2.24, 2.45) is 11.1 Å². The number of rotatable bonds is 8. The van der Waals surface area contributed by atoms with E-state index in [9.17, 15) is 9.59 Å². The summed E-state index contributed by atoms with van der Waals surface area (Å²) in [6, 6.07) is 22.4. The van der Waals surface area contributed by atoms with Crippen LogP contribution in [0.15, 0.2) is 82.7 Å². The molecule has 0 aliphatic carbocycles. The van der Waals surface area contributed by atoms with Crippen molar-refractivity contribution in [1.29, 1.82) is 0 Å². The first-order valence-electron chi connectivity index (χ1n) is 14.3. The number of carbonyl (C=O) groups excluding carboxylic acids is 1. The normalized spacial score (nSPS) is 19.2. The van der Waals surface area contributed by atoms with E-state index < -0.39 is 5.25 Å². The third-order valence-corrected chi connectivity index (χ3v) is 10.0. The van der Waals surface area contributed by atoms with E-state index in [0.29, 0.717) is 52.7 Å². The molecule has 1 spiro atoms. The van der Waals surface area contributed by atoms with Gasteiger partial charge in [-0.05, 0) is 80.8 Å². The molecule has 4 aromatic rings. The van der Waals surface area contributed by atoms with E-state index in [2.05, 4.69) is 11.0 Å². The Hall–Kier alpha value is -3.04. The number of para-hydroxylation sites is 1. The van der Waals surface area contributed by atoms with Crippen LogP contribution in [0.5, 0.6) is 0 Å². The first kappa shape index (κ1) is 29.1. The molecule has 0 saturated carbocycles. The molecule has 218 valence electrons. The number of nitrogens with two attached hydrogens (primary N) is 1. The summed E-state index contributed by atoms with van der Waals surface area (Å²) in [5.41, 5.74) is 8.11. The highest BCUT2D eigenvalue weighted by atomic mass is 35.5. The van der Waals surface area contributed by atoms with Gasteiger partial charge in [0.1, 0.15) is 0 Å². The van der Waals surface area contributed by atoms with E-state index in [-0.39, 0.29) is 16.9 Å². The Labute approximate surface area is 259 Å². The second-order valence-corrected chi connectivity index (χ2v) is 13.3. The molecule has 10 heteroatoms. The van der Waals surface area contributed by atoms with Crippen LogP contribution in [0.1, 0.15) is 25.7 Å². The van der Waals surface area contributed by atoms with Crippen LogP contribution in [-0.2, 0) is 4.79 Å². The highest BCUT2D eigenvalue weighted by Gasteiger charge is 2.46. The van der Waals surface area contributed by atoms with Crippen molar-refractivity contribution in [3.05, 3.63) is 93.2 Å². The minimum Gasteiger partial charge on any atom is -0.371 e. The minimum atomic E-state index is -0.423. The van der Waals surface area contributed by atoms with Crippen molar-refractivity contribution in [2.45, 2.75) is 36.1 Å². The largest absolute Gasteiger partial charge is 0.371 e. The molecule has 42 heavy (non-hydrogen) atoms. The summed E-state index contributed by atoms with van der Waals surface area (Å²) in [5.74, 6) is 0.0755. The number of halogens is 2. The Bertz CT molecular complexity index is 1680. The summed E-state index contributed by atoms with van der Waals surface area (Å²) in [5, 5.41) is 1.81. The summed E-state index contributed by atoms with van der Waals surface area (Å²) in [4.78, 5) is 37.2. The fourth-order valence-electron chi connectivity index (χ4n) is 6.19. The zero-order valence-corrected chi connectivity index (χ0v) is 25.5. The smallest absolute Gasteiger partial charge is 0.266 e. The number of anilines is 1. The summed E-state index contributed by atoms with van der Waals surface area (Å²) >= 11 is 13.9. The molecule has 7 nitrogen and oxygen atoms in total. The van der Waals surface area contributed by atoms with Gasteiger partial charge in [0.2, 0.25) is 5.91 Å². The molecule has 2 aliphatic heterocycles. The molecule has 1 aromatic heterocycles. The van der Waals surface area contributed by atoms with E-state index in [1.165, 1.54) is 11.8 Å². The van der Waals surface area contributed by atoms with Gasteiger partial charge in [-0.25, -0.2) is 4.98 Å². The number of benzene rings is 3.